The van der Waals surface area contributed by atoms with Crippen molar-refractivity contribution in [2.45, 2.75) is 25.9 Å². The first-order valence-electron chi connectivity index (χ1n) is 9.19. The molecule has 6 nitrogen and oxygen atoms in total. The van der Waals surface area contributed by atoms with Crippen LogP contribution in [0.1, 0.15) is 34.3 Å². The van der Waals surface area contributed by atoms with Crippen molar-refractivity contribution >= 4 is 35.8 Å². The van der Waals surface area contributed by atoms with Gasteiger partial charge < -0.3 is 21.1 Å². The van der Waals surface area contributed by atoms with Crippen molar-refractivity contribution in [3.8, 4) is 5.75 Å². The maximum atomic E-state index is 11.1. The molecule has 150 valence electrons. The highest BCUT2D eigenvalue weighted by Crippen LogP contribution is 2.30. The van der Waals surface area contributed by atoms with Crippen LogP contribution >= 0.6 is 24.0 Å². The topological polar surface area (TPSA) is 88.7 Å². The maximum Gasteiger partial charge on any atom is 0.248 e. The Morgan fingerprint density at radius 1 is 1.11 bits per heavy atom. The van der Waals surface area contributed by atoms with Gasteiger partial charge in [0.15, 0.2) is 5.96 Å². The Morgan fingerprint density at radius 2 is 1.79 bits per heavy atom. The lowest BCUT2D eigenvalue weighted by atomic mass is 10.1. The lowest BCUT2D eigenvalue weighted by Crippen LogP contribution is -2.36. The van der Waals surface area contributed by atoms with E-state index >= 15 is 0 Å². The highest BCUT2D eigenvalue weighted by Gasteiger charge is 2.22. The van der Waals surface area contributed by atoms with E-state index in [0.717, 1.165) is 29.4 Å². The number of carbonyl (C=O) groups is 1. The number of amides is 1. The first kappa shape index (κ1) is 22.0. The second-order valence-corrected chi connectivity index (χ2v) is 6.70. The number of guanidine groups is 1. The number of rotatable bonds is 8. The minimum atomic E-state index is -0.422. The molecule has 0 aromatic heterocycles. The van der Waals surface area contributed by atoms with E-state index in [1.165, 1.54) is 12.8 Å². The molecule has 0 unspecified atom stereocenters. The van der Waals surface area contributed by atoms with Gasteiger partial charge in [-0.25, -0.2) is 0 Å². The molecule has 0 atom stereocenters. The first-order valence-corrected chi connectivity index (χ1v) is 9.19. The highest BCUT2D eigenvalue weighted by atomic mass is 127. The van der Waals surface area contributed by atoms with Crippen LogP contribution in [0.4, 0.5) is 0 Å². The summed E-state index contributed by atoms with van der Waals surface area (Å²) >= 11 is 0. The quantitative estimate of drug-likeness (QED) is 0.299. The van der Waals surface area contributed by atoms with E-state index in [0.29, 0.717) is 24.6 Å². The van der Waals surface area contributed by atoms with Crippen LogP contribution < -0.4 is 21.1 Å². The van der Waals surface area contributed by atoms with Gasteiger partial charge in [0.2, 0.25) is 5.91 Å². The van der Waals surface area contributed by atoms with Crippen LogP contribution in [-0.4, -0.2) is 25.5 Å². The fourth-order valence-electron chi connectivity index (χ4n) is 2.66. The summed E-state index contributed by atoms with van der Waals surface area (Å²) in [6.45, 7) is 2.02. The smallest absolute Gasteiger partial charge is 0.248 e. The Morgan fingerprint density at radius 3 is 2.43 bits per heavy atom. The number of nitrogens with one attached hydrogen (secondary N) is 2. The highest BCUT2D eigenvalue weighted by molar-refractivity contribution is 14.0. The molecule has 0 aliphatic heterocycles. The van der Waals surface area contributed by atoms with E-state index in [-0.39, 0.29) is 24.0 Å². The summed E-state index contributed by atoms with van der Waals surface area (Å²) in [6.07, 6.45) is 2.55. The second kappa shape index (κ2) is 10.9. The fraction of sp³-hybridized carbons (Fsp3) is 0.333. The summed E-state index contributed by atoms with van der Waals surface area (Å²) in [5.41, 5.74) is 7.91. The zero-order valence-corrected chi connectivity index (χ0v) is 18.3. The van der Waals surface area contributed by atoms with Gasteiger partial charge in [0.25, 0.3) is 0 Å². The third-order valence-corrected chi connectivity index (χ3v) is 4.51. The van der Waals surface area contributed by atoms with Gasteiger partial charge in [0.05, 0.1) is 6.61 Å². The number of primary amides is 1. The van der Waals surface area contributed by atoms with Gasteiger partial charge in [-0.15, -0.1) is 24.0 Å². The molecule has 1 amide bonds. The number of hydrogen-bond acceptors (Lipinski definition) is 3. The standard InChI is InChI=1S/C21H26N4O2.HI/c1-23-21(24-12-15-8-10-17(11-9-15)20(22)26)25-13-18-4-2-3-5-19(18)27-14-16-6-7-16;/h2-5,8-11,16H,6-7,12-14H2,1H3,(H2,22,26)(H2,23,24,25);1H. The zero-order valence-electron chi connectivity index (χ0n) is 16.0. The predicted molar refractivity (Wildman–Crippen MR) is 122 cm³/mol. The molecule has 2 aromatic carbocycles. The molecule has 2 aromatic rings. The first-order chi connectivity index (χ1) is 13.2. The molecular weight excluding hydrogens is 467 g/mol. The van der Waals surface area contributed by atoms with Gasteiger partial charge >= 0.3 is 0 Å². The van der Waals surface area contributed by atoms with Gasteiger partial charge in [-0.05, 0) is 42.5 Å². The van der Waals surface area contributed by atoms with Crippen molar-refractivity contribution in [3.05, 3.63) is 65.2 Å². The van der Waals surface area contributed by atoms with Crippen molar-refractivity contribution in [1.29, 1.82) is 0 Å². The second-order valence-electron chi connectivity index (χ2n) is 6.70. The Bertz CT molecular complexity index is 804. The van der Waals surface area contributed by atoms with Gasteiger partial charge in [-0.2, -0.15) is 0 Å². The maximum absolute atomic E-state index is 11.1. The predicted octanol–water partition coefficient (Wildman–Crippen LogP) is 3.06. The molecule has 7 heteroatoms. The fourth-order valence-corrected chi connectivity index (χ4v) is 2.66. The van der Waals surface area contributed by atoms with Gasteiger partial charge in [0.1, 0.15) is 5.75 Å². The number of benzene rings is 2. The molecular formula is C21H27IN4O2. The average Bonchev–Trinajstić information content (AvgIpc) is 3.52. The lowest BCUT2D eigenvalue weighted by Gasteiger charge is -2.15. The lowest BCUT2D eigenvalue weighted by molar-refractivity contribution is 0.100. The average molecular weight is 494 g/mol. The molecule has 1 fully saturated rings. The normalized spacial score (nSPS) is 13.4. The Balaban J connectivity index is 0.00000280. The largest absolute Gasteiger partial charge is 0.493 e. The molecule has 0 heterocycles. The van der Waals surface area contributed by atoms with Crippen LogP contribution in [0.25, 0.3) is 0 Å². The van der Waals surface area contributed by atoms with Crippen LogP contribution in [-0.2, 0) is 13.1 Å². The van der Waals surface area contributed by atoms with Crippen molar-refractivity contribution in [2.75, 3.05) is 13.7 Å². The SMILES string of the molecule is CN=C(NCc1ccc(C(N)=O)cc1)NCc1ccccc1OCC1CC1.I. The number of para-hydroxylation sites is 1. The molecule has 0 radical (unpaired) electrons. The van der Waals surface area contributed by atoms with Gasteiger partial charge in [0, 0.05) is 31.3 Å². The number of carbonyl (C=O) groups excluding carboxylic acids is 1. The number of aliphatic imine (C=N–C) groups is 1. The molecule has 1 saturated carbocycles. The van der Waals surface area contributed by atoms with Crippen LogP contribution in [0.3, 0.4) is 0 Å². The van der Waals surface area contributed by atoms with Gasteiger partial charge in [-0.3, -0.25) is 9.79 Å². The minimum Gasteiger partial charge on any atom is -0.493 e. The van der Waals surface area contributed by atoms with E-state index in [1.807, 2.05) is 30.3 Å². The van der Waals surface area contributed by atoms with Crippen molar-refractivity contribution in [3.63, 3.8) is 0 Å². The summed E-state index contributed by atoms with van der Waals surface area (Å²) in [5, 5.41) is 6.58. The Labute approximate surface area is 183 Å². The molecule has 4 N–H and O–H groups in total. The number of hydrogen-bond donors (Lipinski definition) is 3. The van der Waals surface area contributed by atoms with E-state index in [1.54, 1.807) is 19.2 Å². The van der Waals surface area contributed by atoms with Crippen molar-refractivity contribution in [1.82, 2.24) is 10.6 Å². The zero-order chi connectivity index (χ0) is 19.1. The van der Waals surface area contributed by atoms with Crippen molar-refractivity contribution < 1.29 is 9.53 Å². The molecule has 0 spiro atoms. The van der Waals surface area contributed by atoms with Crippen molar-refractivity contribution in [2.24, 2.45) is 16.6 Å². The summed E-state index contributed by atoms with van der Waals surface area (Å²) < 4.78 is 5.95. The minimum absolute atomic E-state index is 0. The molecule has 1 aliphatic carbocycles. The number of nitrogens with two attached hydrogens (primary N) is 1. The van der Waals surface area contributed by atoms with Crippen LogP contribution in [0.2, 0.25) is 0 Å². The number of nitrogens with zero attached hydrogens (tertiary/aromatic N) is 1. The molecule has 0 bridgehead atoms. The molecule has 0 saturated heterocycles. The van der Waals surface area contributed by atoms with E-state index in [4.69, 9.17) is 10.5 Å². The number of ether oxygens (including phenoxy) is 1. The van der Waals surface area contributed by atoms with E-state index in [9.17, 15) is 4.79 Å². The summed E-state index contributed by atoms with van der Waals surface area (Å²) in [5.74, 6) is 1.93. The summed E-state index contributed by atoms with van der Waals surface area (Å²) in [6, 6.07) is 15.3. The Kier molecular flexibility index (Phi) is 8.56. The van der Waals surface area contributed by atoms with Crippen LogP contribution in [0, 0.1) is 5.92 Å². The third kappa shape index (κ3) is 6.70. The molecule has 28 heavy (non-hydrogen) atoms. The van der Waals surface area contributed by atoms with Gasteiger partial charge in [-0.1, -0.05) is 30.3 Å². The van der Waals surface area contributed by atoms with Crippen LogP contribution in [0.15, 0.2) is 53.5 Å². The van der Waals surface area contributed by atoms with E-state index in [2.05, 4.69) is 21.7 Å². The third-order valence-electron chi connectivity index (χ3n) is 4.51. The summed E-state index contributed by atoms with van der Waals surface area (Å²) in [4.78, 5) is 15.4. The molecule has 3 rings (SSSR count). The number of halogens is 1. The monoisotopic (exact) mass is 494 g/mol. The Hall–Kier alpha value is -2.29. The van der Waals surface area contributed by atoms with Crippen LogP contribution in [0.5, 0.6) is 5.75 Å². The van der Waals surface area contributed by atoms with E-state index < -0.39 is 5.91 Å². The molecule has 1 aliphatic rings. The summed E-state index contributed by atoms with van der Waals surface area (Å²) in [7, 11) is 1.74.